The molecule has 7 nitrogen and oxygen atoms in total. The molecule has 1 aromatic heterocycles. The molecule has 2 N–H and O–H groups in total. The highest BCUT2D eigenvalue weighted by Crippen LogP contribution is 2.15. The number of nitrogens with one attached hydrogen (secondary N) is 2. The lowest BCUT2D eigenvalue weighted by Crippen LogP contribution is -2.39. The van der Waals surface area contributed by atoms with Crippen molar-refractivity contribution in [3.63, 3.8) is 0 Å². The molecule has 0 saturated heterocycles. The highest BCUT2D eigenvalue weighted by atomic mass is 127. The molecule has 0 aromatic carbocycles. The quantitative estimate of drug-likeness (QED) is 0.213. The summed E-state index contributed by atoms with van der Waals surface area (Å²) >= 11 is 0. The maximum atomic E-state index is 5.64. The monoisotopic (exact) mass is 466 g/mol. The van der Waals surface area contributed by atoms with Gasteiger partial charge in [0.2, 0.25) is 5.88 Å². The predicted molar refractivity (Wildman–Crippen MR) is 111 cm³/mol. The lowest BCUT2D eigenvalue weighted by Gasteiger charge is -2.13. The number of pyridine rings is 1. The average Bonchev–Trinajstić information content (AvgIpc) is 2.60. The van der Waals surface area contributed by atoms with E-state index in [1.165, 1.54) is 0 Å². The summed E-state index contributed by atoms with van der Waals surface area (Å²) in [5.74, 6) is 1.37. The van der Waals surface area contributed by atoms with Gasteiger partial charge in [-0.15, -0.1) is 24.0 Å². The number of rotatable bonds is 12. The van der Waals surface area contributed by atoms with E-state index in [0.717, 1.165) is 30.9 Å². The van der Waals surface area contributed by atoms with E-state index in [0.29, 0.717) is 38.8 Å². The largest absolute Gasteiger partial charge is 0.475 e. The van der Waals surface area contributed by atoms with Gasteiger partial charge < -0.3 is 24.8 Å². The molecule has 0 amide bonds. The molecule has 0 aliphatic rings. The van der Waals surface area contributed by atoms with Crippen LogP contribution in [0.4, 0.5) is 0 Å². The Morgan fingerprint density at radius 1 is 1.12 bits per heavy atom. The van der Waals surface area contributed by atoms with Gasteiger partial charge in [-0.2, -0.15) is 0 Å². The normalized spacial score (nSPS) is 10.9. The molecule has 8 heteroatoms. The minimum Gasteiger partial charge on any atom is -0.475 e. The molecule has 0 bridgehead atoms. The Hall–Kier alpha value is -1.13. The Bertz CT molecular complexity index is 463. The molecule has 0 atom stereocenters. The third kappa shape index (κ3) is 11.2. The van der Waals surface area contributed by atoms with E-state index in [9.17, 15) is 0 Å². The summed E-state index contributed by atoms with van der Waals surface area (Å²) in [6.07, 6.45) is 3.95. The van der Waals surface area contributed by atoms with Gasteiger partial charge in [-0.05, 0) is 12.5 Å². The Kier molecular flexibility index (Phi) is 15.6. The molecule has 144 valence electrons. The van der Waals surface area contributed by atoms with Gasteiger partial charge in [0.25, 0.3) is 0 Å². The van der Waals surface area contributed by atoms with Crippen molar-refractivity contribution < 1.29 is 14.2 Å². The van der Waals surface area contributed by atoms with Crippen LogP contribution in [0.3, 0.4) is 0 Å². The fourth-order valence-corrected chi connectivity index (χ4v) is 1.89. The van der Waals surface area contributed by atoms with Crippen molar-refractivity contribution in [2.75, 3.05) is 47.1 Å². The number of guanidine groups is 1. The Morgan fingerprint density at radius 3 is 2.60 bits per heavy atom. The topological polar surface area (TPSA) is 77.0 Å². The molecule has 0 saturated carbocycles. The lowest BCUT2D eigenvalue weighted by molar-refractivity contribution is 0.143. The number of nitrogens with zero attached hydrogens (tertiary/aromatic N) is 2. The van der Waals surface area contributed by atoms with Gasteiger partial charge in [0, 0.05) is 39.1 Å². The molecular weight excluding hydrogens is 435 g/mol. The first kappa shape index (κ1) is 23.9. The Morgan fingerprint density at radius 2 is 1.88 bits per heavy atom. The fraction of sp³-hybridized carbons (Fsp3) is 0.647. The molecule has 0 fully saturated rings. The SMILES string of the molecule is CCCCNC(=NCc1cccnc1OCCOC)NCCOC.I. The van der Waals surface area contributed by atoms with Crippen LogP contribution in [-0.2, 0) is 16.0 Å². The van der Waals surface area contributed by atoms with Crippen LogP contribution >= 0.6 is 24.0 Å². The van der Waals surface area contributed by atoms with Gasteiger partial charge in [0.05, 0.1) is 19.8 Å². The maximum absolute atomic E-state index is 5.64. The zero-order valence-electron chi connectivity index (χ0n) is 15.4. The molecule has 1 heterocycles. The van der Waals surface area contributed by atoms with Gasteiger partial charge in [0.15, 0.2) is 5.96 Å². The summed E-state index contributed by atoms with van der Waals surface area (Å²) in [7, 11) is 3.33. The van der Waals surface area contributed by atoms with E-state index in [1.807, 2.05) is 12.1 Å². The molecule has 0 aliphatic heterocycles. The van der Waals surface area contributed by atoms with Crippen molar-refractivity contribution in [2.24, 2.45) is 4.99 Å². The minimum absolute atomic E-state index is 0. The van der Waals surface area contributed by atoms with Crippen LogP contribution in [0.25, 0.3) is 0 Å². The van der Waals surface area contributed by atoms with Crippen LogP contribution in [0.5, 0.6) is 5.88 Å². The van der Waals surface area contributed by atoms with Crippen molar-refractivity contribution in [2.45, 2.75) is 26.3 Å². The highest BCUT2D eigenvalue weighted by molar-refractivity contribution is 14.0. The molecule has 0 unspecified atom stereocenters. The summed E-state index contributed by atoms with van der Waals surface area (Å²) in [4.78, 5) is 8.89. The summed E-state index contributed by atoms with van der Waals surface area (Å²) in [5.41, 5.74) is 0.942. The van der Waals surface area contributed by atoms with Gasteiger partial charge in [-0.3, -0.25) is 0 Å². The number of aliphatic imine (C=N–C) groups is 1. The van der Waals surface area contributed by atoms with Crippen LogP contribution in [0.15, 0.2) is 23.3 Å². The number of aromatic nitrogens is 1. The number of hydrogen-bond acceptors (Lipinski definition) is 5. The number of halogens is 1. The average molecular weight is 466 g/mol. The molecule has 1 rings (SSSR count). The highest BCUT2D eigenvalue weighted by Gasteiger charge is 2.05. The lowest BCUT2D eigenvalue weighted by atomic mass is 10.3. The van der Waals surface area contributed by atoms with Crippen molar-refractivity contribution >= 4 is 29.9 Å². The van der Waals surface area contributed by atoms with Crippen molar-refractivity contribution in [3.05, 3.63) is 23.9 Å². The number of methoxy groups -OCH3 is 2. The smallest absolute Gasteiger partial charge is 0.218 e. The molecule has 0 aliphatic carbocycles. The molecule has 1 aromatic rings. The van der Waals surface area contributed by atoms with Crippen LogP contribution in [0.1, 0.15) is 25.3 Å². The van der Waals surface area contributed by atoms with Crippen LogP contribution in [-0.4, -0.2) is 58.1 Å². The number of unbranched alkanes of at least 4 members (excludes halogenated alkanes) is 1. The number of ether oxygens (including phenoxy) is 3. The van der Waals surface area contributed by atoms with E-state index in [4.69, 9.17) is 14.2 Å². The van der Waals surface area contributed by atoms with Crippen LogP contribution in [0.2, 0.25) is 0 Å². The standard InChI is InChI=1S/C17H30N4O3.HI/c1-4-5-8-19-17(20-10-11-22-2)21-14-15-7-6-9-18-16(15)24-13-12-23-3;/h6-7,9H,4-5,8,10-14H2,1-3H3,(H2,19,20,21);1H. The molecule has 25 heavy (non-hydrogen) atoms. The maximum Gasteiger partial charge on any atom is 0.218 e. The third-order valence-electron chi connectivity index (χ3n) is 3.21. The van der Waals surface area contributed by atoms with E-state index >= 15 is 0 Å². The zero-order chi connectivity index (χ0) is 17.5. The summed E-state index contributed by atoms with van der Waals surface area (Å²) in [5, 5.41) is 6.58. The molecule has 0 spiro atoms. The second kappa shape index (κ2) is 16.3. The fourth-order valence-electron chi connectivity index (χ4n) is 1.89. The predicted octanol–water partition coefficient (Wildman–Crippen LogP) is 2.21. The van der Waals surface area contributed by atoms with Crippen molar-refractivity contribution in [1.82, 2.24) is 15.6 Å². The summed E-state index contributed by atoms with van der Waals surface area (Å²) < 4.78 is 15.7. The first-order valence-corrected chi connectivity index (χ1v) is 8.38. The molecule has 0 radical (unpaired) electrons. The van der Waals surface area contributed by atoms with E-state index < -0.39 is 0 Å². The summed E-state index contributed by atoms with van der Waals surface area (Å²) in [6, 6.07) is 3.86. The summed E-state index contributed by atoms with van der Waals surface area (Å²) in [6.45, 7) is 5.88. The van der Waals surface area contributed by atoms with Gasteiger partial charge in [-0.25, -0.2) is 9.98 Å². The van der Waals surface area contributed by atoms with E-state index in [1.54, 1.807) is 20.4 Å². The van der Waals surface area contributed by atoms with Gasteiger partial charge in [-0.1, -0.05) is 19.4 Å². The molecular formula is C17H31IN4O3. The van der Waals surface area contributed by atoms with E-state index in [-0.39, 0.29) is 24.0 Å². The van der Waals surface area contributed by atoms with Gasteiger partial charge in [0.1, 0.15) is 6.61 Å². The minimum atomic E-state index is 0. The second-order valence-corrected chi connectivity index (χ2v) is 5.17. The van der Waals surface area contributed by atoms with Crippen molar-refractivity contribution in [3.8, 4) is 5.88 Å². The Balaban J connectivity index is 0.00000576. The van der Waals surface area contributed by atoms with Crippen LogP contribution < -0.4 is 15.4 Å². The second-order valence-electron chi connectivity index (χ2n) is 5.17. The van der Waals surface area contributed by atoms with Crippen LogP contribution in [0, 0.1) is 0 Å². The van der Waals surface area contributed by atoms with Crippen molar-refractivity contribution in [1.29, 1.82) is 0 Å². The van der Waals surface area contributed by atoms with E-state index in [2.05, 4.69) is 27.5 Å². The first-order valence-electron chi connectivity index (χ1n) is 8.38. The zero-order valence-corrected chi connectivity index (χ0v) is 17.7. The van der Waals surface area contributed by atoms with Gasteiger partial charge >= 0.3 is 0 Å². The first-order chi connectivity index (χ1) is 11.8. The Labute approximate surface area is 168 Å². The third-order valence-corrected chi connectivity index (χ3v) is 3.21. The number of hydrogen-bond donors (Lipinski definition) is 2.